The maximum atomic E-state index is 12.0. The van der Waals surface area contributed by atoms with Crippen molar-refractivity contribution in [3.8, 4) is 0 Å². The van der Waals surface area contributed by atoms with E-state index in [0.717, 1.165) is 25.8 Å². The Bertz CT molecular complexity index is 385. The van der Waals surface area contributed by atoms with Crippen molar-refractivity contribution < 1.29 is 4.79 Å². The molecule has 0 radical (unpaired) electrons. The first-order chi connectivity index (χ1) is 9.12. The van der Waals surface area contributed by atoms with Crippen LogP contribution in [0.15, 0.2) is 11.4 Å². The van der Waals surface area contributed by atoms with Crippen LogP contribution in [0.25, 0.3) is 0 Å². The van der Waals surface area contributed by atoms with Gasteiger partial charge in [0.05, 0.1) is 6.04 Å². The summed E-state index contributed by atoms with van der Waals surface area (Å²) >= 11 is 1.76. The third-order valence-corrected chi connectivity index (χ3v) is 4.48. The quantitative estimate of drug-likeness (QED) is 0.769. The summed E-state index contributed by atoms with van der Waals surface area (Å²) in [5.41, 5.74) is 1.38. The Morgan fingerprint density at radius 1 is 1.32 bits per heavy atom. The molecule has 1 aromatic heterocycles. The molecule has 1 atom stereocenters. The molecule has 1 amide bonds. The third-order valence-electron chi connectivity index (χ3n) is 3.51. The summed E-state index contributed by atoms with van der Waals surface area (Å²) in [6.45, 7) is 9.07. The second-order valence-electron chi connectivity index (χ2n) is 4.85. The number of amides is 1. The first kappa shape index (κ1) is 16.2. The van der Waals surface area contributed by atoms with Crippen molar-refractivity contribution in [2.75, 3.05) is 0 Å². The molecule has 1 unspecified atom stereocenters. The lowest BCUT2D eigenvalue weighted by Gasteiger charge is -2.19. The summed E-state index contributed by atoms with van der Waals surface area (Å²) in [6.07, 6.45) is 3.02. The van der Waals surface area contributed by atoms with Gasteiger partial charge in [0.25, 0.3) is 0 Å². The Labute approximate surface area is 120 Å². The lowest BCUT2D eigenvalue weighted by atomic mass is 10.1. The van der Waals surface area contributed by atoms with Gasteiger partial charge in [-0.05, 0) is 43.2 Å². The molecular weight excluding hydrogens is 256 g/mol. The van der Waals surface area contributed by atoms with Gasteiger partial charge in [-0.3, -0.25) is 4.79 Å². The number of rotatable bonds is 8. The Hall–Kier alpha value is -0.870. The highest BCUT2D eigenvalue weighted by Gasteiger charge is 2.15. The van der Waals surface area contributed by atoms with E-state index in [1.807, 2.05) is 6.92 Å². The number of nitrogens with one attached hydrogen (secondary N) is 2. The van der Waals surface area contributed by atoms with E-state index in [4.69, 9.17) is 0 Å². The monoisotopic (exact) mass is 282 g/mol. The van der Waals surface area contributed by atoms with E-state index in [1.54, 1.807) is 11.3 Å². The van der Waals surface area contributed by atoms with Gasteiger partial charge in [0.2, 0.25) is 5.91 Å². The van der Waals surface area contributed by atoms with Gasteiger partial charge < -0.3 is 10.6 Å². The number of hydrogen-bond acceptors (Lipinski definition) is 3. The summed E-state index contributed by atoms with van der Waals surface area (Å²) in [7, 11) is 0. The molecular formula is C15H26N2OS. The van der Waals surface area contributed by atoms with Crippen molar-refractivity contribution in [1.82, 2.24) is 10.6 Å². The average molecular weight is 282 g/mol. The zero-order valence-corrected chi connectivity index (χ0v) is 13.3. The van der Waals surface area contributed by atoms with Gasteiger partial charge in [-0.2, -0.15) is 0 Å². The fourth-order valence-electron chi connectivity index (χ4n) is 1.99. The lowest BCUT2D eigenvalue weighted by molar-refractivity contribution is -0.123. The van der Waals surface area contributed by atoms with Crippen molar-refractivity contribution in [2.24, 2.45) is 0 Å². The zero-order chi connectivity index (χ0) is 14.3. The molecule has 2 N–H and O–H groups in total. The smallest absolute Gasteiger partial charge is 0.237 e. The molecule has 0 aromatic carbocycles. The predicted molar refractivity (Wildman–Crippen MR) is 82.5 cm³/mol. The topological polar surface area (TPSA) is 41.1 Å². The molecule has 1 aromatic rings. The summed E-state index contributed by atoms with van der Waals surface area (Å²) < 4.78 is 0. The van der Waals surface area contributed by atoms with Crippen molar-refractivity contribution in [2.45, 2.75) is 65.6 Å². The highest BCUT2D eigenvalue weighted by Crippen LogP contribution is 2.17. The van der Waals surface area contributed by atoms with Crippen LogP contribution in [-0.2, 0) is 17.8 Å². The highest BCUT2D eigenvalue weighted by molar-refractivity contribution is 7.10. The van der Waals surface area contributed by atoms with E-state index in [2.05, 4.69) is 42.9 Å². The minimum absolute atomic E-state index is 0.100. The molecule has 1 rings (SSSR count). The summed E-state index contributed by atoms with van der Waals surface area (Å²) in [5, 5.41) is 8.50. The maximum absolute atomic E-state index is 12.0. The molecule has 0 aliphatic carbocycles. The van der Waals surface area contributed by atoms with Gasteiger partial charge in [-0.1, -0.05) is 20.8 Å². The van der Waals surface area contributed by atoms with E-state index in [0.29, 0.717) is 6.04 Å². The zero-order valence-electron chi connectivity index (χ0n) is 12.5. The SMILES string of the molecule is CCc1ccsc1CNC(C)C(=O)NC(CC)CC. The summed E-state index contributed by atoms with van der Waals surface area (Å²) in [5.74, 6) is 0.100. The fraction of sp³-hybridized carbons (Fsp3) is 0.667. The van der Waals surface area contributed by atoms with Crippen molar-refractivity contribution in [1.29, 1.82) is 0 Å². The van der Waals surface area contributed by atoms with Crippen LogP contribution in [-0.4, -0.2) is 18.0 Å². The molecule has 0 saturated carbocycles. The molecule has 0 spiro atoms. The first-order valence-corrected chi connectivity index (χ1v) is 8.09. The average Bonchev–Trinajstić information content (AvgIpc) is 2.89. The summed E-state index contributed by atoms with van der Waals surface area (Å²) in [4.78, 5) is 13.4. The number of carbonyl (C=O) groups is 1. The van der Waals surface area contributed by atoms with Gasteiger partial charge in [0.1, 0.15) is 0 Å². The Morgan fingerprint density at radius 2 is 2.00 bits per heavy atom. The molecule has 0 aliphatic rings. The van der Waals surface area contributed by atoms with Gasteiger partial charge in [0, 0.05) is 17.5 Å². The standard InChI is InChI=1S/C15H26N2OS/c1-5-12-8-9-19-14(12)10-16-11(4)15(18)17-13(6-2)7-3/h8-9,11,13,16H,5-7,10H2,1-4H3,(H,17,18). The molecule has 19 heavy (non-hydrogen) atoms. The van der Waals surface area contributed by atoms with Crippen LogP contribution in [0.5, 0.6) is 0 Å². The van der Waals surface area contributed by atoms with Gasteiger partial charge >= 0.3 is 0 Å². The number of aryl methyl sites for hydroxylation is 1. The summed E-state index contributed by atoms with van der Waals surface area (Å²) in [6, 6.07) is 2.31. The molecule has 0 fully saturated rings. The van der Waals surface area contributed by atoms with Crippen LogP contribution in [0.1, 0.15) is 51.0 Å². The number of thiophene rings is 1. The van der Waals surface area contributed by atoms with Gasteiger partial charge in [-0.25, -0.2) is 0 Å². The Kier molecular flexibility index (Phi) is 7.10. The van der Waals surface area contributed by atoms with E-state index in [9.17, 15) is 4.79 Å². The second-order valence-corrected chi connectivity index (χ2v) is 5.85. The second kappa shape index (κ2) is 8.33. The van der Waals surface area contributed by atoms with Crippen molar-refractivity contribution >= 4 is 17.2 Å². The molecule has 0 saturated heterocycles. The predicted octanol–water partition coefficient (Wildman–Crippen LogP) is 3.09. The number of hydrogen-bond donors (Lipinski definition) is 2. The molecule has 0 bridgehead atoms. The van der Waals surface area contributed by atoms with Crippen molar-refractivity contribution in [3.63, 3.8) is 0 Å². The maximum Gasteiger partial charge on any atom is 0.237 e. The van der Waals surface area contributed by atoms with Crippen LogP contribution in [0.4, 0.5) is 0 Å². The van der Waals surface area contributed by atoms with Gasteiger partial charge in [0.15, 0.2) is 0 Å². The van der Waals surface area contributed by atoms with Crippen LogP contribution < -0.4 is 10.6 Å². The Balaban J connectivity index is 2.42. The molecule has 1 heterocycles. The number of carbonyl (C=O) groups excluding carboxylic acids is 1. The van der Waals surface area contributed by atoms with E-state index in [1.165, 1.54) is 10.4 Å². The fourth-order valence-corrected chi connectivity index (χ4v) is 2.92. The minimum Gasteiger partial charge on any atom is -0.352 e. The van der Waals surface area contributed by atoms with Crippen LogP contribution >= 0.6 is 11.3 Å². The van der Waals surface area contributed by atoms with E-state index in [-0.39, 0.29) is 11.9 Å². The molecule has 108 valence electrons. The van der Waals surface area contributed by atoms with E-state index >= 15 is 0 Å². The van der Waals surface area contributed by atoms with Crippen LogP contribution in [0.2, 0.25) is 0 Å². The minimum atomic E-state index is -0.146. The molecule has 4 heteroatoms. The van der Waals surface area contributed by atoms with Crippen LogP contribution in [0, 0.1) is 0 Å². The highest BCUT2D eigenvalue weighted by atomic mass is 32.1. The normalized spacial score (nSPS) is 12.7. The van der Waals surface area contributed by atoms with Crippen LogP contribution in [0.3, 0.4) is 0 Å². The Morgan fingerprint density at radius 3 is 2.58 bits per heavy atom. The lowest BCUT2D eigenvalue weighted by Crippen LogP contribution is -2.45. The molecule has 0 aliphatic heterocycles. The first-order valence-electron chi connectivity index (χ1n) is 7.21. The largest absolute Gasteiger partial charge is 0.352 e. The third kappa shape index (κ3) is 4.96. The van der Waals surface area contributed by atoms with Crippen molar-refractivity contribution in [3.05, 3.63) is 21.9 Å². The van der Waals surface area contributed by atoms with E-state index < -0.39 is 0 Å². The molecule has 3 nitrogen and oxygen atoms in total. The van der Waals surface area contributed by atoms with Gasteiger partial charge in [-0.15, -0.1) is 11.3 Å².